The van der Waals surface area contributed by atoms with Crippen LogP contribution < -0.4 is 10.4 Å². The van der Waals surface area contributed by atoms with Crippen molar-refractivity contribution in [3.05, 3.63) is 60.2 Å². The highest BCUT2D eigenvalue weighted by Gasteiger charge is 2.32. The van der Waals surface area contributed by atoms with Gasteiger partial charge in [0.25, 0.3) is 0 Å². The lowest BCUT2D eigenvalue weighted by molar-refractivity contribution is -0.126. The molecule has 0 saturated carbocycles. The minimum Gasteiger partial charge on any atom is -0.295 e. The maximum atomic E-state index is 12.9. The van der Waals surface area contributed by atoms with Crippen LogP contribution in [-0.2, 0) is 14.8 Å². The summed E-state index contributed by atoms with van der Waals surface area (Å²) in [6, 6.07) is 15.5. The third-order valence-electron chi connectivity index (χ3n) is 5.12. The predicted molar refractivity (Wildman–Crippen MR) is 111 cm³/mol. The first-order valence-corrected chi connectivity index (χ1v) is 10.9. The summed E-state index contributed by atoms with van der Waals surface area (Å²) >= 11 is 0. The van der Waals surface area contributed by atoms with E-state index in [-0.39, 0.29) is 35.6 Å². The molecule has 3 rings (SSSR count). The van der Waals surface area contributed by atoms with Crippen LogP contribution in [0, 0.1) is 5.92 Å². The molecular weight excluding hydrogens is 390 g/mol. The summed E-state index contributed by atoms with van der Waals surface area (Å²) in [5.74, 6) is -0.553. The number of nitrogens with zero attached hydrogens (tertiary/aromatic N) is 2. The number of piperidine rings is 1. The van der Waals surface area contributed by atoms with Crippen LogP contribution in [0.3, 0.4) is 0 Å². The number of sulfonamides is 1. The van der Waals surface area contributed by atoms with Gasteiger partial charge in [0.1, 0.15) is 0 Å². The molecule has 0 spiro atoms. The second-order valence-electron chi connectivity index (χ2n) is 7.13. The van der Waals surface area contributed by atoms with Gasteiger partial charge in [-0.25, -0.2) is 8.42 Å². The van der Waals surface area contributed by atoms with E-state index in [9.17, 15) is 18.0 Å². The standard InChI is InChI=1S/C21H25N3O4S/c1-16(25)18-7-6-10-20(15-18)29(27,28)24-13-11-17(12-14-24)21(26)22-23(2)19-8-4-3-5-9-19/h3-10,15,17H,11-14H2,1-2H3,(H,22,26). The minimum atomic E-state index is -3.69. The van der Waals surface area contributed by atoms with Crippen LogP contribution in [0.4, 0.5) is 5.69 Å². The van der Waals surface area contributed by atoms with Crippen molar-refractivity contribution >= 4 is 27.4 Å². The van der Waals surface area contributed by atoms with Crippen molar-refractivity contribution in [2.24, 2.45) is 5.92 Å². The number of carbonyl (C=O) groups is 2. The zero-order valence-corrected chi connectivity index (χ0v) is 17.4. The molecule has 0 radical (unpaired) electrons. The number of hydrogen-bond acceptors (Lipinski definition) is 5. The van der Waals surface area contributed by atoms with Gasteiger partial charge in [-0.2, -0.15) is 4.31 Å². The van der Waals surface area contributed by atoms with Crippen LogP contribution >= 0.6 is 0 Å². The van der Waals surface area contributed by atoms with Crippen LogP contribution in [-0.4, -0.2) is 44.6 Å². The first-order chi connectivity index (χ1) is 13.8. The number of amides is 1. The van der Waals surface area contributed by atoms with E-state index in [0.717, 1.165) is 5.69 Å². The van der Waals surface area contributed by atoms with Crippen LogP contribution in [0.25, 0.3) is 0 Å². The highest BCUT2D eigenvalue weighted by molar-refractivity contribution is 7.89. The molecule has 1 aliphatic rings. The highest BCUT2D eigenvalue weighted by Crippen LogP contribution is 2.25. The fraction of sp³-hybridized carbons (Fsp3) is 0.333. The molecule has 8 heteroatoms. The molecule has 7 nitrogen and oxygen atoms in total. The first kappa shape index (κ1) is 21.0. The molecule has 29 heavy (non-hydrogen) atoms. The van der Waals surface area contributed by atoms with Crippen LogP contribution in [0.5, 0.6) is 0 Å². The second kappa shape index (κ2) is 8.75. The Morgan fingerprint density at radius 1 is 1.03 bits per heavy atom. The molecule has 1 amide bonds. The van der Waals surface area contributed by atoms with E-state index >= 15 is 0 Å². The van der Waals surface area contributed by atoms with E-state index in [4.69, 9.17) is 0 Å². The molecule has 0 atom stereocenters. The molecule has 1 aliphatic heterocycles. The number of hydrogen-bond donors (Lipinski definition) is 1. The molecule has 2 aromatic carbocycles. The lowest BCUT2D eigenvalue weighted by Crippen LogP contribution is -2.47. The van der Waals surface area contributed by atoms with Gasteiger partial charge in [-0.15, -0.1) is 0 Å². The van der Waals surface area contributed by atoms with Crippen molar-refractivity contribution in [2.75, 3.05) is 25.1 Å². The normalized spacial score (nSPS) is 15.7. The van der Waals surface area contributed by atoms with Gasteiger partial charge in [-0.05, 0) is 44.0 Å². The Bertz CT molecular complexity index is 984. The van der Waals surface area contributed by atoms with Gasteiger partial charge in [-0.1, -0.05) is 30.3 Å². The Morgan fingerprint density at radius 2 is 1.69 bits per heavy atom. The van der Waals surface area contributed by atoms with E-state index in [1.165, 1.54) is 23.4 Å². The van der Waals surface area contributed by atoms with E-state index in [1.54, 1.807) is 24.2 Å². The van der Waals surface area contributed by atoms with Crippen LogP contribution in [0.2, 0.25) is 0 Å². The van der Waals surface area contributed by atoms with Gasteiger partial charge in [-0.3, -0.25) is 20.0 Å². The average Bonchev–Trinajstić information content (AvgIpc) is 2.74. The Balaban J connectivity index is 1.61. The quantitative estimate of drug-likeness (QED) is 0.579. The fourth-order valence-electron chi connectivity index (χ4n) is 3.36. The van der Waals surface area contributed by atoms with Crippen molar-refractivity contribution in [2.45, 2.75) is 24.7 Å². The Morgan fingerprint density at radius 3 is 2.31 bits per heavy atom. The molecule has 154 valence electrons. The fourth-order valence-corrected chi connectivity index (χ4v) is 4.87. The SMILES string of the molecule is CC(=O)c1cccc(S(=O)(=O)N2CCC(C(=O)NN(C)c3ccccc3)CC2)c1. The summed E-state index contributed by atoms with van der Waals surface area (Å²) < 4.78 is 27.2. The van der Waals surface area contributed by atoms with E-state index < -0.39 is 10.0 Å². The Labute approximate surface area is 171 Å². The molecule has 0 bridgehead atoms. The summed E-state index contributed by atoms with van der Waals surface area (Å²) in [5.41, 5.74) is 4.09. The van der Waals surface area contributed by atoms with E-state index in [2.05, 4.69) is 5.43 Å². The molecule has 1 saturated heterocycles. The summed E-state index contributed by atoms with van der Waals surface area (Å²) in [4.78, 5) is 24.2. The summed E-state index contributed by atoms with van der Waals surface area (Å²) in [6.07, 6.45) is 0.889. The summed E-state index contributed by atoms with van der Waals surface area (Å²) in [6.45, 7) is 1.93. The third kappa shape index (κ3) is 4.83. The van der Waals surface area contributed by atoms with Gasteiger partial charge in [0.05, 0.1) is 10.6 Å². The maximum absolute atomic E-state index is 12.9. The van der Waals surface area contributed by atoms with Gasteiger partial charge in [0, 0.05) is 31.6 Å². The first-order valence-electron chi connectivity index (χ1n) is 9.49. The van der Waals surface area contributed by atoms with Crippen LogP contribution in [0.15, 0.2) is 59.5 Å². The number of benzene rings is 2. The molecular formula is C21H25N3O4S. The molecule has 2 aromatic rings. The van der Waals surface area contributed by atoms with E-state index in [1.807, 2.05) is 30.3 Å². The van der Waals surface area contributed by atoms with E-state index in [0.29, 0.717) is 18.4 Å². The highest BCUT2D eigenvalue weighted by atomic mass is 32.2. The maximum Gasteiger partial charge on any atom is 0.243 e. The molecule has 0 unspecified atom stereocenters. The largest absolute Gasteiger partial charge is 0.295 e. The molecule has 0 aromatic heterocycles. The lowest BCUT2D eigenvalue weighted by atomic mass is 9.97. The van der Waals surface area contributed by atoms with Crippen molar-refractivity contribution in [3.63, 3.8) is 0 Å². The van der Waals surface area contributed by atoms with Gasteiger partial charge in [0.2, 0.25) is 15.9 Å². The topological polar surface area (TPSA) is 86.8 Å². The Kier molecular flexibility index (Phi) is 6.34. The number of ketones is 1. The Hall–Kier alpha value is -2.71. The van der Waals surface area contributed by atoms with Gasteiger partial charge in [0.15, 0.2) is 5.78 Å². The van der Waals surface area contributed by atoms with Crippen molar-refractivity contribution in [3.8, 4) is 0 Å². The van der Waals surface area contributed by atoms with Crippen molar-refractivity contribution in [1.82, 2.24) is 9.73 Å². The molecule has 1 N–H and O–H groups in total. The molecule has 1 heterocycles. The number of hydrazine groups is 1. The number of Topliss-reactive ketones (excluding diaryl/α,β-unsaturated/α-hetero) is 1. The van der Waals surface area contributed by atoms with Crippen molar-refractivity contribution < 1.29 is 18.0 Å². The minimum absolute atomic E-state index is 0.108. The number of nitrogens with one attached hydrogen (secondary N) is 1. The number of carbonyl (C=O) groups excluding carboxylic acids is 2. The van der Waals surface area contributed by atoms with Crippen LogP contribution in [0.1, 0.15) is 30.1 Å². The zero-order valence-electron chi connectivity index (χ0n) is 16.5. The molecule has 1 fully saturated rings. The summed E-state index contributed by atoms with van der Waals surface area (Å²) in [5, 5.41) is 1.67. The average molecular weight is 416 g/mol. The van der Waals surface area contributed by atoms with Gasteiger partial charge < -0.3 is 0 Å². The zero-order chi connectivity index (χ0) is 21.0. The lowest BCUT2D eigenvalue weighted by Gasteiger charge is -2.32. The monoisotopic (exact) mass is 415 g/mol. The number of rotatable bonds is 6. The number of anilines is 1. The predicted octanol–water partition coefficient (Wildman–Crippen LogP) is 2.46. The number of para-hydroxylation sites is 1. The van der Waals surface area contributed by atoms with Gasteiger partial charge >= 0.3 is 0 Å². The summed E-state index contributed by atoms with van der Waals surface area (Å²) in [7, 11) is -1.92. The third-order valence-corrected chi connectivity index (χ3v) is 7.02. The smallest absolute Gasteiger partial charge is 0.243 e. The molecule has 0 aliphatic carbocycles. The second-order valence-corrected chi connectivity index (χ2v) is 9.07. The van der Waals surface area contributed by atoms with Crippen molar-refractivity contribution in [1.29, 1.82) is 0 Å².